The number of rotatable bonds is 10. The van der Waals surface area contributed by atoms with E-state index in [1.54, 1.807) is 36.4 Å². The second-order valence-corrected chi connectivity index (χ2v) is 10.5. The van der Waals surface area contributed by atoms with Crippen molar-refractivity contribution in [1.29, 1.82) is 0 Å². The normalized spacial score (nSPS) is 15.8. The molecule has 0 saturated carbocycles. The van der Waals surface area contributed by atoms with Crippen molar-refractivity contribution in [3.63, 3.8) is 0 Å². The average molecular weight is 611 g/mol. The third-order valence-electron chi connectivity index (χ3n) is 7.42. The van der Waals surface area contributed by atoms with Gasteiger partial charge >= 0.3 is 12.0 Å². The van der Waals surface area contributed by atoms with Gasteiger partial charge < -0.3 is 34.6 Å². The van der Waals surface area contributed by atoms with E-state index in [1.165, 1.54) is 14.2 Å². The maximum Gasteiger partial charge on any atom is 0.337 e. The Bertz CT molecular complexity index is 1420. The van der Waals surface area contributed by atoms with Gasteiger partial charge in [0.1, 0.15) is 18.1 Å². The summed E-state index contributed by atoms with van der Waals surface area (Å²) in [6.45, 7) is 2.84. The topological polar surface area (TPSA) is 109 Å². The van der Waals surface area contributed by atoms with Crippen LogP contribution in [0.1, 0.15) is 27.9 Å². The molecular weight excluding hydrogens is 572 g/mol. The molecule has 0 unspecified atom stereocenters. The van der Waals surface area contributed by atoms with Crippen molar-refractivity contribution in [3.05, 3.63) is 83.4 Å². The summed E-state index contributed by atoms with van der Waals surface area (Å²) >= 11 is 0. The molecule has 0 bridgehead atoms. The summed E-state index contributed by atoms with van der Waals surface area (Å²) in [7, 11) is 6.88. The van der Waals surface area contributed by atoms with E-state index in [4.69, 9.17) is 14.2 Å². The molecule has 10 nitrogen and oxygen atoms in total. The lowest BCUT2D eigenvalue weighted by atomic mass is 10.1. The molecule has 2 N–H and O–H groups in total. The fourth-order valence-electron chi connectivity index (χ4n) is 4.94. The average Bonchev–Trinajstić information content (AvgIpc) is 3.43. The van der Waals surface area contributed by atoms with Gasteiger partial charge in [0.2, 0.25) is 5.91 Å². The van der Waals surface area contributed by atoms with Crippen LogP contribution >= 0.6 is 12.4 Å². The Hall–Kier alpha value is -4.28. The maximum absolute atomic E-state index is 13.5. The van der Waals surface area contributed by atoms with E-state index in [9.17, 15) is 14.4 Å². The van der Waals surface area contributed by atoms with Gasteiger partial charge in [-0.05, 0) is 81.0 Å². The Morgan fingerprint density at radius 3 is 2.30 bits per heavy atom. The van der Waals surface area contributed by atoms with Gasteiger partial charge in [-0.3, -0.25) is 4.79 Å². The second-order valence-electron chi connectivity index (χ2n) is 10.5. The van der Waals surface area contributed by atoms with E-state index in [0.29, 0.717) is 35.9 Å². The summed E-state index contributed by atoms with van der Waals surface area (Å²) in [5.74, 6) is 0.647. The fraction of sp³-hybridized carbons (Fsp3) is 0.344. The van der Waals surface area contributed by atoms with Crippen LogP contribution in [0.5, 0.6) is 11.5 Å². The van der Waals surface area contributed by atoms with E-state index in [1.807, 2.05) is 56.3 Å². The first kappa shape index (κ1) is 33.2. The number of halogens is 1. The number of esters is 1. The van der Waals surface area contributed by atoms with E-state index in [0.717, 1.165) is 23.2 Å². The van der Waals surface area contributed by atoms with Crippen LogP contribution in [0.3, 0.4) is 0 Å². The number of aryl methyl sites for hydroxylation is 1. The smallest absolute Gasteiger partial charge is 0.337 e. The number of carbonyl (C=O) groups is 3. The number of para-hydroxylation sites is 1. The highest BCUT2D eigenvalue weighted by atomic mass is 35.5. The molecule has 0 spiro atoms. The number of hydrogen-bond donors (Lipinski definition) is 2. The van der Waals surface area contributed by atoms with Crippen LogP contribution in [0.15, 0.2) is 66.7 Å². The van der Waals surface area contributed by atoms with Crippen LogP contribution in [0, 0.1) is 6.92 Å². The summed E-state index contributed by atoms with van der Waals surface area (Å²) in [6, 6.07) is 19.3. The lowest BCUT2D eigenvalue weighted by molar-refractivity contribution is -0.131. The van der Waals surface area contributed by atoms with Gasteiger partial charge in [0.05, 0.1) is 37.9 Å². The van der Waals surface area contributed by atoms with Crippen LogP contribution < -0.4 is 20.1 Å². The summed E-state index contributed by atoms with van der Waals surface area (Å²) in [6.07, 6.45) is 0.956. The Morgan fingerprint density at radius 1 is 0.953 bits per heavy atom. The molecule has 1 saturated heterocycles. The predicted octanol–water partition coefficient (Wildman–Crippen LogP) is 5.01. The molecule has 0 radical (unpaired) electrons. The molecule has 230 valence electrons. The molecule has 43 heavy (non-hydrogen) atoms. The van der Waals surface area contributed by atoms with Gasteiger partial charge in [-0.1, -0.05) is 24.3 Å². The van der Waals surface area contributed by atoms with Crippen molar-refractivity contribution in [2.75, 3.05) is 52.1 Å². The number of hydrogen-bond acceptors (Lipinski definition) is 7. The number of nitrogens with zero attached hydrogens (tertiary/aromatic N) is 2. The first-order valence-corrected chi connectivity index (χ1v) is 13.8. The van der Waals surface area contributed by atoms with E-state index in [-0.39, 0.29) is 42.8 Å². The molecule has 0 aliphatic carbocycles. The van der Waals surface area contributed by atoms with Crippen molar-refractivity contribution >= 4 is 41.7 Å². The number of likely N-dealkylation sites (N-methyl/N-ethyl adjacent to an activating group) is 1. The molecule has 1 fully saturated rings. The van der Waals surface area contributed by atoms with Crippen LogP contribution in [0.4, 0.5) is 16.2 Å². The lowest BCUT2D eigenvalue weighted by Gasteiger charge is -2.25. The minimum atomic E-state index is -0.408. The molecule has 3 aromatic rings. The van der Waals surface area contributed by atoms with E-state index < -0.39 is 5.97 Å². The van der Waals surface area contributed by atoms with Crippen molar-refractivity contribution in [1.82, 2.24) is 9.80 Å². The quantitative estimate of drug-likeness (QED) is 0.311. The molecule has 1 aliphatic rings. The monoisotopic (exact) mass is 610 g/mol. The van der Waals surface area contributed by atoms with Gasteiger partial charge in [0, 0.05) is 18.3 Å². The predicted molar refractivity (Wildman–Crippen MR) is 169 cm³/mol. The van der Waals surface area contributed by atoms with Crippen molar-refractivity contribution in [2.45, 2.75) is 31.8 Å². The maximum atomic E-state index is 13.5. The number of likely N-dealkylation sites (tertiary alicyclic amines) is 1. The molecule has 1 heterocycles. The largest absolute Gasteiger partial charge is 0.495 e. The molecule has 1 aliphatic heterocycles. The number of anilines is 2. The first-order valence-electron chi connectivity index (χ1n) is 13.8. The first-order chi connectivity index (χ1) is 20.2. The molecule has 3 aromatic carbocycles. The Morgan fingerprint density at radius 2 is 1.65 bits per heavy atom. The molecule has 3 amide bonds. The standard InChI is InChI=1S/C32H38N4O6.ClH/c1-21-8-6-7-9-27(21)33-32(39)34-28-15-10-22(16-29(28)40-4)17-30(37)36-19-24(35(2)3)18-25(36)20-42-26-13-11-23(12-14-26)31(38)41-5;/h6-16,24-25H,17-20H2,1-5H3,(H2,33,34,39);1H/t24-,25-;/m0./s1. The Labute approximate surface area is 258 Å². The van der Waals surface area contributed by atoms with Gasteiger partial charge in [-0.2, -0.15) is 0 Å². The van der Waals surface area contributed by atoms with E-state index in [2.05, 4.69) is 15.5 Å². The lowest BCUT2D eigenvalue weighted by Crippen LogP contribution is -2.40. The number of nitrogens with one attached hydrogen (secondary N) is 2. The van der Waals surface area contributed by atoms with Crippen LogP contribution in [0.2, 0.25) is 0 Å². The molecular formula is C32H39ClN4O6. The number of methoxy groups -OCH3 is 2. The van der Waals surface area contributed by atoms with E-state index >= 15 is 0 Å². The van der Waals surface area contributed by atoms with Gasteiger partial charge in [0.15, 0.2) is 0 Å². The summed E-state index contributed by atoms with van der Waals surface area (Å²) in [5.41, 5.74) is 3.38. The highest BCUT2D eigenvalue weighted by Crippen LogP contribution is 2.28. The number of urea groups is 1. The van der Waals surface area contributed by atoms with Gasteiger partial charge in [-0.25, -0.2) is 9.59 Å². The molecule has 4 rings (SSSR count). The number of carbonyl (C=O) groups excluding carboxylic acids is 3. The minimum absolute atomic E-state index is 0. The second kappa shape index (κ2) is 15.3. The zero-order valence-electron chi connectivity index (χ0n) is 25.1. The Kier molecular flexibility index (Phi) is 11.8. The summed E-state index contributed by atoms with van der Waals surface area (Å²) in [5, 5.41) is 5.67. The highest BCUT2D eigenvalue weighted by Gasteiger charge is 2.36. The van der Waals surface area contributed by atoms with Crippen LogP contribution in [0.25, 0.3) is 0 Å². The van der Waals surface area contributed by atoms with Crippen molar-refractivity contribution in [2.24, 2.45) is 0 Å². The van der Waals surface area contributed by atoms with Gasteiger partial charge in [0.25, 0.3) is 0 Å². The fourth-order valence-corrected chi connectivity index (χ4v) is 4.94. The Balaban J connectivity index is 0.00000506. The number of benzene rings is 3. The molecule has 0 aromatic heterocycles. The van der Waals surface area contributed by atoms with Crippen molar-refractivity contribution < 1.29 is 28.6 Å². The number of amides is 3. The SMILES string of the molecule is COC(=O)c1ccc(OC[C@@H]2C[C@H](N(C)C)CN2C(=O)Cc2ccc(NC(=O)Nc3ccccc3C)c(OC)c2)cc1.Cl. The van der Waals surface area contributed by atoms with Crippen LogP contribution in [-0.2, 0) is 16.0 Å². The third kappa shape index (κ3) is 8.62. The minimum Gasteiger partial charge on any atom is -0.495 e. The highest BCUT2D eigenvalue weighted by molar-refractivity contribution is 6.01. The summed E-state index contributed by atoms with van der Waals surface area (Å²) < 4.78 is 16.3. The molecule has 2 atom stereocenters. The summed E-state index contributed by atoms with van der Waals surface area (Å²) in [4.78, 5) is 41.8. The molecule has 11 heteroatoms. The van der Waals surface area contributed by atoms with Crippen molar-refractivity contribution in [3.8, 4) is 11.5 Å². The number of ether oxygens (including phenoxy) is 3. The van der Waals surface area contributed by atoms with Gasteiger partial charge in [-0.15, -0.1) is 12.4 Å². The zero-order chi connectivity index (χ0) is 30.2. The third-order valence-corrected chi connectivity index (χ3v) is 7.42. The van der Waals surface area contributed by atoms with Crippen LogP contribution in [-0.4, -0.2) is 81.3 Å². The zero-order valence-corrected chi connectivity index (χ0v) is 25.9.